The van der Waals surface area contributed by atoms with E-state index in [2.05, 4.69) is 0 Å². The lowest BCUT2D eigenvalue weighted by Gasteiger charge is -2.17. The molecule has 7 heteroatoms. The molecule has 2 aromatic carbocycles. The molecule has 1 unspecified atom stereocenters. The van der Waals surface area contributed by atoms with Crippen LogP contribution in [0.25, 0.3) is 11.0 Å². The molecule has 1 aliphatic carbocycles. The molecule has 3 aromatic rings. The van der Waals surface area contributed by atoms with Crippen LogP contribution in [0.3, 0.4) is 0 Å². The Morgan fingerprint density at radius 2 is 1.94 bits per heavy atom. The Hall–Kier alpha value is -3.61. The molecule has 1 aromatic heterocycles. The molecule has 0 N–H and O–H groups in total. The minimum absolute atomic E-state index is 0.0381. The third-order valence-corrected chi connectivity index (χ3v) is 6.24. The van der Waals surface area contributed by atoms with E-state index in [-0.39, 0.29) is 25.5 Å². The van der Waals surface area contributed by atoms with Crippen LogP contribution in [0.2, 0.25) is 0 Å². The van der Waals surface area contributed by atoms with Gasteiger partial charge in [0, 0.05) is 41.7 Å². The van der Waals surface area contributed by atoms with Crippen LogP contribution in [0.15, 0.2) is 51.7 Å². The van der Waals surface area contributed by atoms with E-state index in [0.717, 1.165) is 24.6 Å². The van der Waals surface area contributed by atoms with Crippen molar-refractivity contribution in [1.29, 1.82) is 0 Å². The van der Waals surface area contributed by atoms with Gasteiger partial charge in [0.25, 0.3) is 0 Å². The van der Waals surface area contributed by atoms with Gasteiger partial charge in [0.15, 0.2) is 0 Å². The molecular weight excluding hydrogens is 410 g/mol. The van der Waals surface area contributed by atoms with E-state index in [1.54, 1.807) is 30.2 Å². The van der Waals surface area contributed by atoms with Gasteiger partial charge in [0.1, 0.15) is 17.9 Å². The van der Waals surface area contributed by atoms with E-state index in [4.69, 9.17) is 13.9 Å². The van der Waals surface area contributed by atoms with Crippen molar-refractivity contribution in [2.24, 2.45) is 5.92 Å². The van der Waals surface area contributed by atoms with Crippen molar-refractivity contribution in [3.63, 3.8) is 0 Å². The molecule has 32 heavy (non-hydrogen) atoms. The highest BCUT2D eigenvalue weighted by Crippen LogP contribution is 2.30. The summed E-state index contributed by atoms with van der Waals surface area (Å²) in [6.07, 6.45) is 3.14. The molecule has 1 fully saturated rings. The van der Waals surface area contributed by atoms with Gasteiger partial charge in [0.2, 0.25) is 5.91 Å². The Bertz CT molecular complexity index is 1280. The standard InChI is InChI=1S/C25H23NO6/c1-30-20-7-3-6-19(12-20)26-13-17(10-23(26)27)25(29)31-14-18-11-24(28)32-22-9-16-5-2-4-15(16)8-21(18)22/h3,6-9,11-12,17H,2,4-5,10,13-14H2,1H3. The van der Waals surface area contributed by atoms with Crippen molar-refractivity contribution in [3.05, 3.63) is 69.6 Å². The molecule has 2 aliphatic rings. The number of carbonyl (C=O) groups excluding carboxylic acids is 2. The summed E-state index contributed by atoms with van der Waals surface area (Å²) in [4.78, 5) is 38.9. The van der Waals surface area contributed by atoms with Crippen molar-refractivity contribution >= 4 is 28.5 Å². The fraction of sp³-hybridized carbons (Fsp3) is 0.320. The second kappa shape index (κ2) is 8.15. The first kappa shape index (κ1) is 20.3. The Balaban J connectivity index is 1.31. The topological polar surface area (TPSA) is 86.0 Å². The van der Waals surface area contributed by atoms with Crippen molar-refractivity contribution in [1.82, 2.24) is 0 Å². The molecule has 164 valence electrons. The Labute approximate surface area is 184 Å². The second-order valence-corrected chi connectivity index (χ2v) is 8.28. The van der Waals surface area contributed by atoms with Crippen molar-refractivity contribution < 1.29 is 23.5 Å². The lowest BCUT2D eigenvalue weighted by atomic mass is 10.0. The normalized spacial score (nSPS) is 17.6. The van der Waals surface area contributed by atoms with Gasteiger partial charge in [-0.1, -0.05) is 6.07 Å². The van der Waals surface area contributed by atoms with E-state index in [1.807, 2.05) is 18.2 Å². The molecule has 5 rings (SSSR count). The minimum Gasteiger partial charge on any atom is -0.497 e. The fourth-order valence-corrected chi connectivity index (χ4v) is 4.57. The van der Waals surface area contributed by atoms with Crippen molar-refractivity contribution in [3.8, 4) is 5.75 Å². The maximum atomic E-state index is 12.7. The van der Waals surface area contributed by atoms with Gasteiger partial charge < -0.3 is 18.8 Å². The van der Waals surface area contributed by atoms with E-state index < -0.39 is 17.5 Å². The monoisotopic (exact) mass is 433 g/mol. The van der Waals surface area contributed by atoms with Crippen LogP contribution in [-0.2, 0) is 33.8 Å². The molecule has 2 heterocycles. The van der Waals surface area contributed by atoms with Crippen molar-refractivity contribution in [2.75, 3.05) is 18.6 Å². The van der Waals surface area contributed by atoms with E-state index in [0.29, 0.717) is 22.6 Å². The number of fused-ring (bicyclic) bond motifs is 2. The zero-order chi connectivity index (χ0) is 22.2. The molecule has 0 radical (unpaired) electrons. The molecular formula is C25H23NO6. The minimum atomic E-state index is -0.565. The Morgan fingerprint density at radius 1 is 1.12 bits per heavy atom. The Morgan fingerprint density at radius 3 is 2.75 bits per heavy atom. The van der Waals surface area contributed by atoms with Gasteiger partial charge in [-0.15, -0.1) is 0 Å². The SMILES string of the molecule is COc1cccc(N2CC(C(=O)OCc3cc(=O)oc4cc5c(cc34)CCC5)CC2=O)c1. The summed E-state index contributed by atoms with van der Waals surface area (Å²) in [6, 6.07) is 12.5. The van der Waals surface area contributed by atoms with Crippen LogP contribution in [0.4, 0.5) is 5.69 Å². The van der Waals surface area contributed by atoms with Crippen LogP contribution in [0, 0.1) is 5.92 Å². The average Bonchev–Trinajstić information content (AvgIpc) is 3.41. The van der Waals surface area contributed by atoms with Gasteiger partial charge in [-0.05, 0) is 54.7 Å². The zero-order valence-corrected chi connectivity index (χ0v) is 17.8. The predicted octanol–water partition coefficient (Wildman–Crippen LogP) is 3.39. The number of esters is 1. The van der Waals surface area contributed by atoms with Crippen LogP contribution in [-0.4, -0.2) is 25.5 Å². The summed E-state index contributed by atoms with van der Waals surface area (Å²) in [5.74, 6) is -0.514. The molecule has 0 saturated carbocycles. The summed E-state index contributed by atoms with van der Waals surface area (Å²) in [5, 5.41) is 0.790. The first-order chi connectivity index (χ1) is 15.5. The molecule has 1 aliphatic heterocycles. The molecule has 0 bridgehead atoms. The number of nitrogens with zero attached hydrogens (tertiary/aromatic N) is 1. The van der Waals surface area contributed by atoms with Crippen LogP contribution in [0.1, 0.15) is 29.5 Å². The van der Waals surface area contributed by atoms with Crippen LogP contribution < -0.4 is 15.3 Å². The zero-order valence-electron chi connectivity index (χ0n) is 17.8. The largest absolute Gasteiger partial charge is 0.497 e. The first-order valence-electron chi connectivity index (χ1n) is 10.7. The van der Waals surface area contributed by atoms with Gasteiger partial charge in [-0.2, -0.15) is 0 Å². The predicted molar refractivity (Wildman–Crippen MR) is 118 cm³/mol. The third kappa shape index (κ3) is 3.75. The number of hydrogen-bond acceptors (Lipinski definition) is 6. The molecule has 1 atom stereocenters. The maximum Gasteiger partial charge on any atom is 0.336 e. The first-order valence-corrected chi connectivity index (χ1v) is 10.7. The number of benzene rings is 2. The summed E-state index contributed by atoms with van der Waals surface area (Å²) >= 11 is 0. The number of carbonyl (C=O) groups is 2. The van der Waals surface area contributed by atoms with E-state index in [1.165, 1.54) is 17.2 Å². The highest BCUT2D eigenvalue weighted by atomic mass is 16.5. The van der Waals surface area contributed by atoms with Gasteiger partial charge >= 0.3 is 11.6 Å². The lowest BCUT2D eigenvalue weighted by Crippen LogP contribution is -2.26. The lowest BCUT2D eigenvalue weighted by molar-refractivity contribution is -0.149. The summed E-state index contributed by atoms with van der Waals surface area (Å²) in [7, 11) is 1.56. The quantitative estimate of drug-likeness (QED) is 0.453. The van der Waals surface area contributed by atoms with Crippen LogP contribution in [0.5, 0.6) is 5.75 Å². The summed E-state index contributed by atoms with van der Waals surface area (Å²) < 4.78 is 16.1. The number of hydrogen-bond donors (Lipinski definition) is 0. The highest BCUT2D eigenvalue weighted by molar-refractivity contribution is 5.99. The third-order valence-electron chi connectivity index (χ3n) is 6.24. The second-order valence-electron chi connectivity index (χ2n) is 8.28. The average molecular weight is 433 g/mol. The number of amides is 1. The van der Waals surface area contributed by atoms with Crippen LogP contribution >= 0.6 is 0 Å². The number of ether oxygens (including phenoxy) is 2. The molecule has 0 spiro atoms. The smallest absolute Gasteiger partial charge is 0.336 e. The number of rotatable bonds is 5. The summed E-state index contributed by atoms with van der Waals surface area (Å²) in [6.45, 7) is 0.208. The van der Waals surface area contributed by atoms with E-state index in [9.17, 15) is 14.4 Å². The number of methoxy groups -OCH3 is 1. The maximum absolute atomic E-state index is 12.7. The van der Waals surface area contributed by atoms with E-state index >= 15 is 0 Å². The van der Waals surface area contributed by atoms with Gasteiger partial charge in [-0.25, -0.2) is 4.79 Å². The van der Waals surface area contributed by atoms with Crippen molar-refractivity contribution in [2.45, 2.75) is 32.3 Å². The Kier molecular flexibility index (Phi) is 5.17. The number of aryl methyl sites for hydroxylation is 2. The summed E-state index contributed by atoms with van der Waals surface area (Å²) in [5.41, 5.74) is 3.80. The highest BCUT2D eigenvalue weighted by Gasteiger charge is 2.36. The molecule has 1 saturated heterocycles. The molecule has 1 amide bonds. The number of anilines is 1. The fourth-order valence-electron chi connectivity index (χ4n) is 4.57. The van der Waals surface area contributed by atoms with Gasteiger partial charge in [0.05, 0.1) is 13.0 Å². The van der Waals surface area contributed by atoms with Gasteiger partial charge in [-0.3, -0.25) is 9.59 Å². The molecule has 7 nitrogen and oxygen atoms in total.